The van der Waals surface area contributed by atoms with Crippen LogP contribution in [0.5, 0.6) is 0 Å². The highest BCUT2D eigenvalue weighted by Crippen LogP contribution is 2.27. The summed E-state index contributed by atoms with van der Waals surface area (Å²) < 4.78 is 5.95. The zero-order valence-corrected chi connectivity index (χ0v) is 13.8. The highest BCUT2D eigenvalue weighted by molar-refractivity contribution is 5.89. The van der Waals surface area contributed by atoms with Crippen LogP contribution in [0.4, 0.5) is 10.5 Å². The molecule has 1 unspecified atom stereocenters. The number of anilines is 1. The lowest BCUT2D eigenvalue weighted by Gasteiger charge is -2.40. The summed E-state index contributed by atoms with van der Waals surface area (Å²) in [5.74, 6) is 0.305. The molecule has 118 valence electrons. The minimum atomic E-state index is -0.377. The number of carbonyl (C=O) groups is 1. The first kappa shape index (κ1) is 17.5. The zero-order valence-electron chi connectivity index (χ0n) is 13.8. The third kappa shape index (κ3) is 4.74. The van der Waals surface area contributed by atoms with Crippen molar-refractivity contribution < 1.29 is 9.53 Å². The van der Waals surface area contributed by atoms with Gasteiger partial charge in [0.2, 0.25) is 0 Å². The summed E-state index contributed by atoms with van der Waals surface area (Å²) in [5.41, 5.74) is 0.407. The Morgan fingerprint density at radius 3 is 2.33 bits per heavy atom. The number of ether oxygens (including phenoxy) is 1. The van der Waals surface area contributed by atoms with E-state index in [1.807, 2.05) is 37.3 Å². The Morgan fingerprint density at radius 2 is 1.86 bits per heavy atom. The molecule has 0 aromatic heterocycles. The van der Waals surface area contributed by atoms with Crippen molar-refractivity contribution in [3.63, 3.8) is 0 Å². The maximum absolute atomic E-state index is 12.2. The van der Waals surface area contributed by atoms with Crippen LogP contribution in [0.2, 0.25) is 0 Å². The van der Waals surface area contributed by atoms with Crippen molar-refractivity contribution in [2.75, 3.05) is 11.9 Å². The van der Waals surface area contributed by atoms with E-state index in [4.69, 9.17) is 4.74 Å². The summed E-state index contributed by atoms with van der Waals surface area (Å²) in [4.78, 5) is 12.2. The van der Waals surface area contributed by atoms with E-state index in [2.05, 4.69) is 38.3 Å². The van der Waals surface area contributed by atoms with Crippen molar-refractivity contribution in [1.29, 1.82) is 0 Å². The van der Waals surface area contributed by atoms with Gasteiger partial charge in [-0.25, -0.2) is 4.79 Å². The molecule has 1 rings (SSSR count). The highest BCUT2D eigenvalue weighted by Gasteiger charge is 2.37. The smallest absolute Gasteiger partial charge is 0.319 e. The van der Waals surface area contributed by atoms with E-state index in [-0.39, 0.29) is 17.7 Å². The second-order valence-corrected chi connectivity index (χ2v) is 5.70. The minimum absolute atomic E-state index is 0.0406. The highest BCUT2D eigenvalue weighted by atomic mass is 16.5. The molecule has 1 aromatic rings. The van der Waals surface area contributed by atoms with Gasteiger partial charge in [0, 0.05) is 12.3 Å². The molecule has 2 amide bonds. The van der Waals surface area contributed by atoms with Crippen LogP contribution in [0.25, 0.3) is 0 Å². The number of carbonyl (C=O) groups excluding carboxylic acids is 1. The lowest BCUT2D eigenvalue weighted by atomic mass is 9.83. The number of amides is 2. The van der Waals surface area contributed by atoms with Gasteiger partial charge < -0.3 is 15.4 Å². The quantitative estimate of drug-likeness (QED) is 0.797. The van der Waals surface area contributed by atoms with Crippen molar-refractivity contribution in [3.8, 4) is 0 Å². The first-order chi connectivity index (χ1) is 9.93. The second-order valence-electron chi connectivity index (χ2n) is 5.70. The zero-order chi connectivity index (χ0) is 15.9. The van der Waals surface area contributed by atoms with E-state index in [0.717, 1.165) is 12.1 Å². The number of hydrogen-bond acceptors (Lipinski definition) is 2. The third-order valence-electron chi connectivity index (χ3n) is 4.04. The third-order valence-corrected chi connectivity index (χ3v) is 4.04. The molecule has 4 nitrogen and oxygen atoms in total. The Hall–Kier alpha value is -1.55. The molecule has 0 saturated carbocycles. The lowest BCUT2D eigenvalue weighted by molar-refractivity contribution is -0.0823. The number of nitrogens with one attached hydrogen (secondary N) is 2. The van der Waals surface area contributed by atoms with E-state index >= 15 is 0 Å². The fourth-order valence-electron chi connectivity index (χ4n) is 2.48. The summed E-state index contributed by atoms with van der Waals surface area (Å²) in [6.45, 7) is 11.0. The second kappa shape index (κ2) is 8.03. The van der Waals surface area contributed by atoms with Gasteiger partial charge >= 0.3 is 6.03 Å². The lowest BCUT2D eigenvalue weighted by Crippen LogP contribution is -2.56. The van der Waals surface area contributed by atoms with E-state index in [0.29, 0.717) is 12.5 Å². The molecule has 21 heavy (non-hydrogen) atoms. The van der Waals surface area contributed by atoms with Gasteiger partial charge in [-0.05, 0) is 38.3 Å². The summed E-state index contributed by atoms with van der Waals surface area (Å²) >= 11 is 0. The summed E-state index contributed by atoms with van der Waals surface area (Å²) in [5, 5.41) is 5.90. The molecule has 4 heteroatoms. The minimum Gasteiger partial charge on any atom is -0.373 e. The molecule has 0 fully saturated rings. The number of hydrogen-bond donors (Lipinski definition) is 2. The number of rotatable bonds is 7. The van der Waals surface area contributed by atoms with Crippen molar-refractivity contribution in [2.45, 2.75) is 52.7 Å². The molecule has 2 atom stereocenters. The summed E-state index contributed by atoms with van der Waals surface area (Å²) in [6, 6.07) is 9.20. The fraction of sp³-hybridized carbons (Fsp3) is 0.588. The van der Waals surface area contributed by atoms with Crippen molar-refractivity contribution in [2.24, 2.45) is 5.92 Å². The first-order valence-corrected chi connectivity index (χ1v) is 7.70. The summed E-state index contributed by atoms with van der Waals surface area (Å²) in [6.07, 6.45) is 0.816. The Morgan fingerprint density at radius 1 is 1.24 bits per heavy atom. The average Bonchev–Trinajstić information content (AvgIpc) is 2.45. The van der Waals surface area contributed by atoms with Gasteiger partial charge in [0.1, 0.15) is 0 Å². The molecule has 0 aliphatic carbocycles. The maximum atomic E-state index is 12.2. The first-order valence-electron chi connectivity index (χ1n) is 7.70. The van der Waals surface area contributed by atoms with Crippen molar-refractivity contribution in [3.05, 3.63) is 30.3 Å². The van der Waals surface area contributed by atoms with E-state index in [9.17, 15) is 4.79 Å². The number of benzene rings is 1. The van der Waals surface area contributed by atoms with Gasteiger partial charge in [0.05, 0.1) is 11.6 Å². The van der Waals surface area contributed by atoms with E-state index in [1.54, 1.807) is 0 Å². The van der Waals surface area contributed by atoms with Gasteiger partial charge in [-0.1, -0.05) is 39.0 Å². The molecule has 0 saturated heterocycles. The van der Waals surface area contributed by atoms with Crippen LogP contribution >= 0.6 is 0 Å². The van der Waals surface area contributed by atoms with Crippen molar-refractivity contribution in [1.82, 2.24) is 5.32 Å². The van der Waals surface area contributed by atoms with Crippen LogP contribution in [0.3, 0.4) is 0 Å². The molecular formula is C17H28N2O2. The number of para-hydroxylation sites is 1. The molecule has 0 spiro atoms. The van der Waals surface area contributed by atoms with Gasteiger partial charge in [-0.3, -0.25) is 0 Å². The Labute approximate surface area is 128 Å². The van der Waals surface area contributed by atoms with Crippen LogP contribution in [0, 0.1) is 5.92 Å². The van der Waals surface area contributed by atoms with Crippen LogP contribution in [0.15, 0.2) is 30.3 Å². The normalized spacial score (nSPS) is 15.3. The van der Waals surface area contributed by atoms with Crippen molar-refractivity contribution >= 4 is 11.7 Å². The Bertz CT molecular complexity index is 434. The largest absolute Gasteiger partial charge is 0.373 e. The molecule has 2 N–H and O–H groups in total. The molecule has 1 aromatic carbocycles. The topological polar surface area (TPSA) is 50.4 Å². The molecule has 0 bridgehead atoms. The predicted molar refractivity (Wildman–Crippen MR) is 87.5 cm³/mol. The molecule has 0 aliphatic heterocycles. The monoisotopic (exact) mass is 292 g/mol. The molecule has 0 heterocycles. The summed E-state index contributed by atoms with van der Waals surface area (Å²) in [7, 11) is 0. The fourth-order valence-corrected chi connectivity index (χ4v) is 2.48. The average molecular weight is 292 g/mol. The van der Waals surface area contributed by atoms with Gasteiger partial charge in [-0.15, -0.1) is 0 Å². The molecule has 0 aliphatic rings. The van der Waals surface area contributed by atoms with Gasteiger partial charge in [0.25, 0.3) is 0 Å². The Balaban J connectivity index is 2.74. The molecule has 0 radical (unpaired) electrons. The predicted octanol–water partition coefficient (Wildman–Crippen LogP) is 4.04. The van der Waals surface area contributed by atoms with Gasteiger partial charge in [-0.2, -0.15) is 0 Å². The Kier molecular flexibility index (Phi) is 6.69. The SMILES string of the molecule is CCOC(C)(C(C)C)[C@H](CC)NC(=O)Nc1ccccc1. The number of urea groups is 1. The van der Waals surface area contributed by atoms with E-state index in [1.165, 1.54) is 0 Å². The standard InChI is InChI=1S/C17H28N2O2/c1-6-15(17(5,13(3)4)21-7-2)19-16(20)18-14-11-9-8-10-12-14/h8-13,15H,6-7H2,1-5H3,(H2,18,19,20)/t15-,17?/m0/s1. The van der Waals surface area contributed by atoms with Crippen LogP contribution in [-0.4, -0.2) is 24.3 Å². The van der Waals surface area contributed by atoms with Crippen LogP contribution in [0.1, 0.15) is 41.0 Å². The molecular weight excluding hydrogens is 264 g/mol. The van der Waals surface area contributed by atoms with Crippen LogP contribution in [-0.2, 0) is 4.74 Å². The van der Waals surface area contributed by atoms with E-state index < -0.39 is 0 Å². The van der Waals surface area contributed by atoms with Gasteiger partial charge in [0.15, 0.2) is 0 Å². The van der Waals surface area contributed by atoms with Crippen LogP contribution < -0.4 is 10.6 Å². The maximum Gasteiger partial charge on any atom is 0.319 e.